The number of amides is 2. The predicted octanol–water partition coefficient (Wildman–Crippen LogP) is 3.04. The lowest BCUT2D eigenvalue weighted by atomic mass is 10.0. The van der Waals surface area contributed by atoms with Crippen LogP contribution >= 0.6 is 0 Å². The molecular formula is C22H26N4O4. The highest BCUT2D eigenvalue weighted by atomic mass is 16.6. The number of likely N-dealkylation sites (tertiary alicyclic amines) is 1. The second-order valence-corrected chi connectivity index (χ2v) is 7.69. The number of aryl methyl sites for hydroxylation is 2. The van der Waals surface area contributed by atoms with Crippen molar-refractivity contribution in [3.63, 3.8) is 0 Å². The summed E-state index contributed by atoms with van der Waals surface area (Å²) in [6, 6.07) is 12.0. The van der Waals surface area contributed by atoms with Crippen LogP contribution in [0.5, 0.6) is 0 Å². The fraction of sp³-hybridized carbons (Fsp3) is 0.364. The van der Waals surface area contributed by atoms with Crippen molar-refractivity contribution in [2.24, 2.45) is 0 Å². The highest BCUT2D eigenvalue weighted by Crippen LogP contribution is 2.21. The van der Waals surface area contributed by atoms with E-state index < -0.39 is 4.92 Å². The SMILES string of the molecule is Cc1ccc(C(=O)NC2CCN(CC(=O)Nc3ccc([N+](=O)[O-])cc3C)CC2)cc1. The topological polar surface area (TPSA) is 105 Å². The number of anilines is 1. The lowest BCUT2D eigenvalue weighted by Gasteiger charge is -2.31. The van der Waals surface area contributed by atoms with Gasteiger partial charge in [0.1, 0.15) is 0 Å². The van der Waals surface area contributed by atoms with E-state index in [2.05, 4.69) is 10.6 Å². The van der Waals surface area contributed by atoms with Gasteiger partial charge in [-0.3, -0.25) is 24.6 Å². The van der Waals surface area contributed by atoms with Gasteiger partial charge in [0.05, 0.1) is 11.5 Å². The van der Waals surface area contributed by atoms with Gasteiger partial charge in [-0.2, -0.15) is 0 Å². The lowest BCUT2D eigenvalue weighted by molar-refractivity contribution is -0.384. The van der Waals surface area contributed by atoms with Gasteiger partial charge in [-0.25, -0.2) is 0 Å². The number of nitro benzene ring substituents is 1. The fourth-order valence-corrected chi connectivity index (χ4v) is 3.50. The highest BCUT2D eigenvalue weighted by molar-refractivity contribution is 5.94. The molecule has 0 aromatic heterocycles. The third-order valence-electron chi connectivity index (χ3n) is 5.30. The molecule has 1 heterocycles. The van der Waals surface area contributed by atoms with Gasteiger partial charge in [0.25, 0.3) is 11.6 Å². The maximum atomic E-state index is 12.4. The number of carbonyl (C=O) groups is 2. The average molecular weight is 410 g/mol. The van der Waals surface area contributed by atoms with Crippen molar-refractivity contribution in [3.8, 4) is 0 Å². The standard InChI is InChI=1S/C22H26N4O4/c1-15-3-5-17(6-4-15)22(28)23-18-9-11-25(12-10-18)14-21(27)24-20-8-7-19(26(29)30)13-16(20)2/h3-8,13,18H,9-12,14H2,1-2H3,(H,23,28)(H,24,27). The molecule has 30 heavy (non-hydrogen) atoms. The smallest absolute Gasteiger partial charge is 0.269 e. The van der Waals surface area contributed by atoms with Gasteiger partial charge in [-0.15, -0.1) is 0 Å². The van der Waals surface area contributed by atoms with Crippen molar-refractivity contribution in [1.82, 2.24) is 10.2 Å². The number of hydrogen-bond acceptors (Lipinski definition) is 5. The molecule has 2 amide bonds. The summed E-state index contributed by atoms with van der Waals surface area (Å²) in [6.45, 7) is 5.38. The van der Waals surface area contributed by atoms with Gasteiger partial charge in [0.2, 0.25) is 5.91 Å². The molecule has 0 bridgehead atoms. The van der Waals surface area contributed by atoms with Crippen molar-refractivity contribution in [2.45, 2.75) is 32.7 Å². The van der Waals surface area contributed by atoms with Crippen molar-refractivity contribution >= 4 is 23.2 Å². The van der Waals surface area contributed by atoms with Gasteiger partial charge >= 0.3 is 0 Å². The largest absolute Gasteiger partial charge is 0.349 e. The molecule has 0 saturated carbocycles. The molecular weight excluding hydrogens is 384 g/mol. The minimum Gasteiger partial charge on any atom is -0.349 e. The number of piperidine rings is 1. The number of hydrogen-bond donors (Lipinski definition) is 2. The molecule has 3 rings (SSSR count). The monoisotopic (exact) mass is 410 g/mol. The number of carbonyl (C=O) groups excluding carboxylic acids is 2. The van der Waals surface area contributed by atoms with Crippen LogP contribution in [0.25, 0.3) is 0 Å². The summed E-state index contributed by atoms with van der Waals surface area (Å²) in [7, 11) is 0. The van der Waals surface area contributed by atoms with Crippen molar-refractivity contribution < 1.29 is 14.5 Å². The molecule has 2 aromatic carbocycles. The molecule has 0 atom stereocenters. The Kier molecular flexibility index (Phi) is 6.79. The molecule has 0 unspecified atom stereocenters. The Morgan fingerprint density at radius 3 is 2.37 bits per heavy atom. The predicted molar refractivity (Wildman–Crippen MR) is 115 cm³/mol. The number of benzene rings is 2. The molecule has 2 aromatic rings. The van der Waals surface area contributed by atoms with Crippen molar-refractivity contribution in [2.75, 3.05) is 25.0 Å². The van der Waals surface area contributed by atoms with Crippen LogP contribution in [0.15, 0.2) is 42.5 Å². The van der Waals surface area contributed by atoms with Crippen LogP contribution in [-0.4, -0.2) is 47.3 Å². The van der Waals surface area contributed by atoms with E-state index in [1.807, 2.05) is 36.1 Å². The lowest BCUT2D eigenvalue weighted by Crippen LogP contribution is -2.46. The summed E-state index contributed by atoms with van der Waals surface area (Å²) in [5.41, 5.74) is 2.99. The highest BCUT2D eigenvalue weighted by Gasteiger charge is 2.22. The summed E-state index contributed by atoms with van der Waals surface area (Å²) < 4.78 is 0. The molecule has 2 N–H and O–H groups in total. The second-order valence-electron chi connectivity index (χ2n) is 7.69. The molecule has 1 aliphatic heterocycles. The Morgan fingerprint density at radius 2 is 1.77 bits per heavy atom. The first-order valence-corrected chi connectivity index (χ1v) is 9.96. The second kappa shape index (κ2) is 9.49. The summed E-state index contributed by atoms with van der Waals surface area (Å²) in [6.07, 6.45) is 1.56. The maximum absolute atomic E-state index is 12.4. The van der Waals surface area contributed by atoms with Gasteiger partial charge in [-0.1, -0.05) is 17.7 Å². The molecule has 1 saturated heterocycles. The van der Waals surface area contributed by atoms with Crippen LogP contribution in [-0.2, 0) is 4.79 Å². The average Bonchev–Trinajstić information content (AvgIpc) is 2.71. The number of nitro groups is 1. The number of non-ortho nitro benzene ring substituents is 1. The Bertz CT molecular complexity index is 935. The van der Waals surface area contributed by atoms with Crippen LogP contribution in [0, 0.1) is 24.0 Å². The van der Waals surface area contributed by atoms with Crippen LogP contribution in [0.1, 0.15) is 34.3 Å². The van der Waals surface area contributed by atoms with Crippen LogP contribution in [0.2, 0.25) is 0 Å². The summed E-state index contributed by atoms with van der Waals surface area (Å²) in [5.74, 6) is -0.228. The van der Waals surface area contributed by atoms with E-state index in [9.17, 15) is 19.7 Å². The quantitative estimate of drug-likeness (QED) is 0.563. The Balaban J connectivity index is 1.45. The first-order valence-electron chi connectivity index (χ1n) is 9.96. The third-order valence-corrected chi connectivity index (χ3v) is 5.30. The molecule has 8 heteroatoms. The molecule has 0 aliphatic carbocycles. The number of nitrogens with zero attached hydrogens (tertiary/aromatic N) is 2. The van der Waals surface area contributed by atoms with Gasteiger partial charge in [0.15, 0.2) is 0 Å². The Hall–Kier alpha value is -3.26. The van der Waals surface area contributed by atoms with Crippen LogP contribution in [0.4, 0.5) is 11.4 Å². The van der Waals surface area contributed by atoms with E-state index in [4.69, 9.17) is 0 Å². The van der Waals surface area contributed by atoms with Crippen molar-refractivity contribution in [1.29, 1.82) is 0 Å². The molecule has 158 valence electrons. The summed E-state index contributed by atoms with van der Waals surface area (Å²) in [4.78, 5) is 37.1. The molecule has 8 nitrogen and oxygen atoms in total. The van der Waals surface area contributed by atoms with Gasteiger partial charge in [-0.05, 0) is 50.5 Å². The summed E-state index contributed by atoms with van der Waals surface area (Å²) in [5, 5.41) is 16.7. The van der Waals surface area contributed by atoms with E-state index in [-0.39, 0.29) is 30.1 Å². The number of rotatable bonds is 6. The first-order chi connectivity index (χ1) is 14.3. The zero-order valence-corrected chi connectivity index (χ0v) is 17.2. The molecule has 0 radical (unpaired) electrons. The van der Waals surface area contributed by atoms with E-state index in [0.717, 1.165) is 18.4 Å². The van der Waals surface area contributed by atoms with Crippen LogP contribution in [0.3, 0.4) is 0 Å². The zero-order chi connectivity index (χ0) is 21.7. The fourth-order valence-electron chi connectivity index (χ4n) is 3.50. The minimum absolute atomic E-state index is 0.000237. The Morgan fingerprint density at radius 1 is 1.10 bits per heavy atom. The van der Waals surface area contributed by atoms with E-state index in [1.54, 1.807) is 13.0 Å². The maximum Gasteiger partial charge on any atom is 0.269 e. The third kappa shape index (κ3) is 5.64. The first kappa shape index (κ1) is 21.4. The van der Waals surface area contributed by atoms with E-state index in [1.165, 1.54) is 12.1 Å². The van der Waals surface area contributed by atoms with Gasteiger partial charge < -0.3 is 10.6 Å². The normalized spacial score (nSPS) is 14.9. The zero-order valence-electron chi connectivity index (χ0n) is 17.2. The molecule has 1 fully saturated rings. The minimum atomic E-state index is -0.458. The van der Waals surface area contributed by atoms with E-state index in [0.29, 0.717) is 29.9 Å². The summed E-state index contributed by atoms with van der Waals surface area (Å²) >= 11 is 0. The van der Waals surface area contributed by atoms with E-state index >= 15 is 0 Å². The Labute approximate surface area is 175 Å². The number of nitrogens with one attached hydrogen (secondary N) is 2. The molecule has 0 spiro atoms. The molecule has 1 aliphatic rings. The van der Waals surface area contributed by atoms with Crippen molar-refractivity contribution in [3.05, 3.63) is 69.3 Å². The van der Waals surface area contributed by atoms with Crippen LogP contribution < -0.4 is 10.6 Å². The van der Waals surface area contributed by atoms with Gasteiger partial charge in [0, 0.05) is 42.5 Å².